The Morgan fingerprint density at radius 1 is 1.55 bits per heavy atom. The summed E-state index contributed by atoms with van der Waals surface area (Å²) in [7, 11) is 1.46. The highest BCUT2D eigenvalue weighted by Crippen LogP contribution is 2.42. The summed E-state index contributed by atoms with van der Waals surface area (Å²) in [6.45, 7) is 0. The van der Waals surface area contributed by atoms with E-state index in [1.165, 1.54) is 7.05 Å². The van der Waals surface area contributed by atoms with Crippen LogP contribution in [0.1, 0.15) is 12.8 Å². The van der Waals surface area contributed by atoms with Crippen molar-refractivity contribution < 1.29 is 13.6 Å². The highest BCUT2D eigenvalue weighted by atomic mass is 35.5. The summed E-state index contributed by atoms with van der Waals surface area (Å²) in [6, 6.07) is 0. The third-order valence-electron chi connectivity index (χ3n) is 1.71. The quantitative estimate of drug-likeness (QED) is 0.654. The van der Waals surface area contributed by atoms with Crippen molar-refractivity contribution in [3.8, 4) is 0 Å². The molecule has 5 heteroatoms. The molecule has 11 heavy (non-hydrogen) atoms. The minimum absolute atomic E-state index is 0. The largest absolute Gasteiger partial charge is 0.359 e. The maximum absolute atomic E-state index is 12.1. The van der Waals surface area contributed by atoms with E-state index in [2.05, 4.69) is 5.32 Å². The van der Waals surface area contributed by atoms with E-state index in [1.807, 2.05) is 0 Å². The van der Waals surface area contributed by atoms with Crippen molar-refractivity contribution >= 4 is 18.3 Å². The van der Waals surface area contributed by atoms with E-state index < -0.39 is 11.8 Å². The second-order valence-corrected chi connectivity index (χ2v) is 2.58. The van der Waals surface area contributed by atoms with E-state index in [9.17, 15) is 13.6 Å². The van der Waals surface area contributed by atoms with E-state index in [0.717, 1.165) is 0 Å². The molecule has 0 spiro atoms. The van der Waals surface area contributed by atoms with Gasteiger partial charge in [-0.2, -0.15) is 0 Å². The van der Waals surface area contributed by atoms with Crippen LogP contribution in [0.5, 0.6) is 0 Å². The molecule has 1 amide bonds. The number of carbonyl (C=O) groups is 1. The van der Waals surface area contributed by atoms with Crippen LogP contribution < -0.4 is 5.32 Å². The van der Waals surface area contributed by atoms with Crippen molar-refractivity contribution in [3.63, 3.8) is 0 Å². The van der Waals surface area contributed by atoms with Crippen molar-refractivity contribution in [3.05, 3.63) is 0 Å². The van der Waals surface area contributed by atoms with Crippen LogP contribution in [0.25, 0.3) is 0 Å². The van der Waals surface area contributed by atoms with Gasteiger partial charge in [0.15, 0.2) is 0 Å². The van der Waals surface area contributed by atoms with Gasteiger partial charge in [0.05, 0.1) is 0 Å². The molecular formula is C6H10ClF2NO. The summed E-state index contributed by atoms with van der Waals surface area (Å²) < 4.78 is 24.2. The molecule has 1 N–H and O–H groups in total. The fraction of sp³-hybridized carbons (Fsp3) is 0.833. The molecule has 1 saturated carbocycles. The Morgan fingerprint density at radius 2 is 2.00 bits per heavy atom. The Labute approximate surface area is 69.8 Å². The Hall–Kier alpha value is -0.380. The van der Waals surface area contributed by atoms with Crippen LogP contribution in [0.4, 0.5) is 8.78 Å². The lowest BCUT2D eigenvalue weighted by Gasteiger charge is -2.33. The first kappa shape index (κ1) is 10.6. The molecule has 1 aliphatic carbocycles. The van der Waals surface area contributed by atoms with Gasteiger partial charge in [-0.05, 0) is 0 Å². The van der Waals surface area contributed by atoms with Gasteiger partial charge in [-0.25, -0.2) is 8.78 Å². The summed E-state index contributed by atoms with van der Waals surface area (Å²) in [5, 5.41) is 2.33. The van der Waals surface area contributed by atoms with Crippen LogP contribution in [0, 0.1) is 5.92 Å². The van der Waals surface area contributed by atoms with E-state index in [0.29, 0.717) is 0 Å². The summed E-state index contributed by atoms with van der Waals surface area (Å²) in [4.78, 5) is 10.6. The second-order valence-electron chi connectivity index (χ2n) is 2.58. The SMILES string of the molecule is CNC(=O)C1CC(F)(F)C1.Cl. The van der Waals surface area contributed by atoms with Gasteiger partial charge in [-0.15, -0.1) is 12.4 Å². The Kier molecular flexibility index (Phi) is 3.23. The van der Waals surface area contributed by atoms with Gasteiger partial charge in [-0.1, -0.05) is 0 Å². The van der Waals surface area contributed by atoms with Crippen molar-refractivity contribution in [2.45, 2.75) is 18.8 Å². The Balaban J connectivity index is 0.000001000. The summed E-state index contributed by atoms with van der Waals surface area (Å²) in [5.41, 5.74) is 0. The molecule has 1 rings (SSSR count). The van der Waals surface area contributed by atoms with Crippen LogP contribution in [0.3, 0.4) is 0 Å². The molecule has 0 aromatic heterocycles. The molecule has 0 heterocycles. The molecule has 1 aliphatic rings. The Morgan fingerprint density at radius 3 is 2.27 bits per heavy atom. The van der Waals surface area contributed by atoms with Gasteiger partial charge in [0.1, 0.15) is 0 Å². The molecule has 0 aromatic rings. The number of hydrogen-bond acceptors (Lipinski definition) is 1. The summed E-state index contributed by atoms with van der Waals surface area (Å²) in [6.07, 6.45) is -0.570. The fourth-order valence-electron chi connectivity index (χ4n) is 1.05. The molecule has 66 valence electrons. The van der Waals surface area contributed by atoms with Crippen molar-refractivity contribution in [1.29, 1.82) is 0 Å². The van der Waals surface area contributed by atoms with E-state index in [-0.39, 0.29) is 31.2 Å². The molecule has 1 fully saturated rings. The van der Waals surface area contributed by atoms with E-state index in [4.69, 9.17) is 0 Å². The molecule has 2 nitrogen and oxygen atoms in total. The van der Waals surface area contributed by atoms with E-state index >= 15 is 0 Å². The maximum Gasteiger partial charge on any atom is 0.249 e. The zero-order valence-electron chi connectivity index (χ0n) is 6.06. The summed E-state index contributed by atoms with van der Waals surface area (Å²) in [5.74, 6) is -3.32. The molecular weight excluding hydrogens is 176 g/mol. The first-order valence-electron chi connectivity index (χ1n) is 3.14. The minimum atomic E-state index is -2.59. The smallest absolute Gasteiger partial charge is 0.249 e. The first-order chi connectivity index (χ1) is 4.55. The van der Waals surface area contributed by atoms with Gasteiger partial charge in [0, 0.05) is 25.8 Å². The molecule has 0 bridgehead atoms. The predicted octanol–water partition coefficient (Wildman–Crippen LogP) is 1.20. The molecule has 0 aromatic carbocycles. The molecule has 0 saturated heterocycles. The number of nitrogens with one attached hydrogen (secondary N) is 1. The zero-order valence-corrected chi connectivity index (χ0v) is 6.88. The highest BCUT2D eigenvalue weighted by Gasteiger charge is 2.48. The monoisotopic (exact) mass is 185 g/mol. The average Bonchev–Trinajstić information content (AvgIpc) is 1.81. The van der Waals surface area contributed by atoms with Crippen molar-refractivity contribution in [2.75, 3.05) is 7.05 Å². The van der Waals surface area contributed by atoms with Gasteiger partial charge < -0.3 is 5.32 Å². The van der Waals surface area contributed by atoms with Crippen LogP contribution >= 0.6 is 12.4 Å². The van der Waals surface area contributed by atoms with Crippen LogP contribution in [0.2, 0.25) is 0 Å². The molecule has 0 aliphatic heterocycles. The number of amides is 1. The predicted molar refractivity (Wildman–Crippen MR) is 39.0 cm³/mol. The van der Waals surface area contributed by atoms with E-state index in [1.54, 1.807) is 0 Å². The lowest BCUT2D eigenvalue weighted by atomic mass is 9.81. The normalized spacial score (nSPS) is 21.4. The van der Waals surface area contributed by atoms with Gasteiger partial charge in [0.2, 0.25) is 11.8 Å². The van der Waals surface area contributed by atoms with Crippen LogP contribution in [-0.2, 0) is 4.79 Å². The van der Waals surface area contributed by atoms with Crippen LogP contribution in [-0.4, -0.2) is 18.9 Å². The van der Waals surface area contributed by atoms with Gasteiger partial charge >= 0.3 is 0 Å². The number of hydrogen-bond donors (Lipinski definition) is 1. The standard InChI is InChI=1S/C6H9F2NO.ClH/c1-9-5(10)4-2-6(7,8)3-4;/h4H,2-3H2,1H3,(H,9,10);1H. The van der Waals surface area contributed by atoms with Crippen LogP contribution in [0.15, 0.2) is 0 Å². The van der Waals surface area contributed by atoms with Crippen molar-refractivity contribution in [1.82, 2.24) is 5.32 Å². The van der Waals surface area contributed by atoms with Gasteiger partial charge in [-0.3, -0.25) is 4.79 Å². The lowest BCUT2D eigenvalue weighted by molar-refractivity contribution is -0.149. The molecule has 0 radical (unpaired) electrons. The summed E-state index contributed by atoms with van der Waals surface area (Å²) >= 11 is 0. The third kappa shape index (κ3) is 2.29. The lowest BCUT2D eigenvalue weighted by Crippen LogP contribution is -2.43. The first-order valence-corrected chi connectivity index (χ1v) is 3.14. The third-order valence-corrected chi connectivity index (χ3v) is 1.71. The van der Waals surface area contributed by atoms with Crippen molar-refractivity contribution in [2.24, 2.45) is 5.92 Å². The number of alkyl halides is 2. The highest BCUT2D eigenvalue weighted by molar-refractivity contribution is 5.85. The second kappa shape index (κ2) is 3.34. The minimum Gasteiger partial charge on any atom is -0.359 e. The number of halogens is 3. The maximum atomic E-state index is 12.1. The molecule has 0 unspecified atom stereocenters. The number of carbonyl (C=O) groups excluding carboxylic acids is 1. The average molecular weight is 186 g/mol. The Bertz CT molecular complexity index is 155. The molecule has 0 atom stereocenters. The fourth-order valence-corrected chi connectivity index (χ4v) is 1.05. The zero-order chi connectivity index (χ0) is 7.78. The van der Waals surface area contributed by atoms with Gasteiger partial charge in [0.25, 0.3) is 0 Å². The number of rotatable bonds is 1. The topological polar surface area (TPSA) is 29.1 Å².